The zero-order valence-corrected chi connectivity index (χ0v) is 20.7. The number of hydrogen-bond donors (Lipinski definition) is 2. The predicted molar refractivity (Wildman–Crippen MR) is 133 cm³/mol. The Hall–Kier alpha value is -1.91. The first kappa shape index (κ1) is 27.1. The molecule has 8 heteroatoms. The van der Waals surface area contributed by atoms with E-state index in [0.29, 0.717) is 45.5 Å². The normalized spacial score (nSPS) is 12.1. The van der Waals surface area contributed by atoms with Gasteiger partial charge < -0.3 is 24.8 Å². The van der Waals surface area contributed by atoms with Crippen LogP contribution in [0.4, 0.5) is 4.39 Å². The lowest BCUT2D eigenvalue weighted by Gasteiger charge is -2.18. The molecule has 0 bridgehead atoms. The van der Waals surface area contributed by atoms with Crippen LogP contribution in [0.15, 0.2) is 53.5 Å². The number of aliphatic imine (C=N–C) groups is 1. The minimum Gasteiger partial charge on any atom is -0.486 e. The smallest absolute Gasteiger partial charge is 0.191 e. The second kappa shape index (κ2) is 15.8. The highest BCUT2D eigenvalue weighted by Gasteiger charge is 2.09. The number of benzene rings is 2. The zero-order valence-electron chi connectivity index (χ0n) is 18.4. The first-order valence-electron chi connectivity index (χ1n) is 10.2. The van der Waals surface area contributed by atoms with Gasteiger partial charge >= 0.3 is 0 Å². The van der Waals surface area contributed by atoms with E-state index in [9.17, 15) is 4.39 Å². The molecule has 1 unspecified atom stereocenters. The lowest BCUT2D eigenvalue weighted by molar-refractivity contribution is 0.0453. The molecule has 0 aliphatic carbocycles. The molecular formula is C23H33FIN3O3. The fourth-order valence-corrected chi connectivity index (χ4v) is 2.73. The van der Waals surface area contributed by atoms with Gasteiger partial charge in [0, 0.05) is 20.2 Å². The number of rotatable bonds is 12. The van der Waals surface area contributed by atoms with E-state index in [1.807, 2.05) is 32.0 Å². The van der Waals surface area contributed by atoms with E-state index in [1.165, 1.54) is 6.07 Å². The zero-order chi connectivity index (χ0) is 21.6. The number of guanidine groups is 1. The third-order valence-electron chi connectivity index (χ3n) is 4.24. The van der Waals surface area contributed by atoms with E-state index in [-0.39, 0.29) is 41.6 Å². The van der Waals surface area contributed by atoms with Gasteiger partial charge in [-0.05, 0) is 37.1 Å². The van der Waals surface area contributed by atoms with Crippen molar-refractivity contribution in [3.63, 3.8) is 0 Å². The van der Waals surface area contributed by atoms with E-state index in [1.54, 1.807) is 25.2 Å². The summed E-state index contributed by atoms with van der Waals surface area (Å²) in [6.07, 6.45) is -0.224. The maximum absolute atomic E-state index is 13.7. The largest absolute Gasteiger partial charge is 0.486 e. The van der Waals surface area contributed by atoms with E-state index >= 15 is 0 Å². The van der Waals surface area contributed by atoms with Gasteiger partial charge in [0.2, 0.25) is 0 Å². The summed E-state index contributed by atoms with van der Waals surface area (Å²) >= 11 is 0. The molecule has 0 spiro atoms. The van der Waals surface area contributed by atoms with E-state index in [4.69, 9.17) is 14.2 Å². The molecule has 2 rings (SSSR count). The highest BCUT2D eigenvalue weighted by molar-refractivity contribution is 14.0. The van der Waals surface area contributed by atoms with Gasteiger partial charge in [0.1, 0.15) is 6.10 Å². The van der Waals surface area contributed by atoms with Crippen LogP contribution in [0.25, 0.3) is 0 Å². The molecule has 0 aliphatic heterocycles. The van der Waals surface area contributed by atoms with E-state index in [2.05, 4.69) is 21.7 Å². The Morgan fingerprint density at radius 2 is 1.77 bits per heavy atom. The quantitative estimate of drug-likeness (QED) is 0.182. The Kier molecular flexibility index (Phi) is 13.8. The minimum absolute atomic E-state index is 0. The summed E-state index contributed by atoms with van der Waals surface area (Å²) in [5.41, 5.74) is 2.24. The number of nitrogens with zero attached hydrogens (tertiary/aromatic N) is 1. The summed E-state index contributed by atoms with van der Waals surface area (Å²) < 4.78 is 30.2. The van der Waals surface area contributed by atoms with Crippen molar-refractivity contribution in [3.05, 3.63) is 65.5 Å². The van der Waals surface area contributed by atoms with Crippen LogP contribution in [0.5, 0.6) is 5.75 Å². The van der Waals surface area contributed by atoms with Crippen LogP contribution in [0, 0.1) is 5.82 Å². The highest BCUT2D eigenvalue weighted by atomic mass is 127. The van der Waals surface area contributed by atoms with Crippen LogP contribution in [0.2, 0.25) is 0 Å². The van der Waals surface area contributed by atoms with Gasteiger partial charge in [0.25, 0.3) is 0 Å². The SMILES string of the molecule is CCOCCOCc1cccc(CNC(=NC)NCC(C)Oc2ccccc2F)c1.I. The molecule has 0 fully saturated rings. The fourth-order valence-electron chi connectivity index (χ4n) is 2.73. The molecule has 31 heavy (non-hydrogen) atoms. The van der Waals surface area contributed by atoms with E-state index in [0.717, 1.165) is 11.1 Å². The van der Waals surface area contributed by atoms with Crippen LogP contribution >= 0.6 is 24.0 Å². The molecule has 0 saturated heterocycles. The summed E-state index contributed by atoms with van der Waals surface area (Å²) in [6, 6.07) is 14.6. The molecule has 2 aromatic carbocycles. The van der Waals surface area contributed by atoms with Crippen molar-refractivity contribution in [2.24, 2.45) is 4.99 Å². The van der Waals surface area contributed by atoms with Gasteiger partial charge in [-0.25, -0.2) is 4.39 Å². The van der Waals surface area contributed by atoms with Crippen molar-refractivity contribution in [1.82, 2.24) is 10.6 Å². The molecule has 1 atom stereocenters. The van der Waals surface area contributed by atoms with Crippen molar-refractivity contribution in [2.75, 3.05) is 33.4 Å². The van der Waals surface area contributed by atoms with Gasteiger partial charge in [-0.2, -0.15) is 0 Å². The molecule has 0 heterocycles. The first-order chi connectivity index (χ1) is 14.6. The topological polar surface area (TPSA) is 64.1 Å². The summed E-state index contributed by atoms with van der Waals surface area (Å²) in [5.74, 6) is 0.529. The molecule has 2 aromatic rings. The van der Waals surface area contributed by atoms with E-state index < -0.39 is 0 Å². The minimum atomic E-state index is -0.367. The standard InChI is InChI=1S/C23H32FN3O3.HI/c1-4-28-12-13-29-17-20-9-7-8-19(14-20)16-27-23(25-3)26-15-18(2)30-22-11-6-5-10-21(22)24;/h5-11,14,18H,4,12-13,15-17H2,1-3H3,(H2,25,26,27);1H. The third kappa shape index (κ3) is 10.8. The summed E-state index contributed by atoms with van der Waals surface area (Å²) in [7, 11) is 1.71. The number of ether oxygens (including phenoxy) is 3. The van der Waals surface area contributed by atoms with Crippen molar-refractivity contribution in [3.8, 4) is 5.75 Å². The van der Waals surface area contributed by atoms with Crippen LogP contribution in [-0.4, -0.2) is 45.5 Å². The molecule has 172 valence electrons. The van der Waals surface area contributed by atoms with Gasteiger partial charge in [0.15, 0.2) is 17.5 Å². The molecule has 2 N–H and O–H groups in total. The van der Waals surface area contributed by atoms with Gasteiger partial charge in [-0.3, -0.25) is 4.99 Å². The summed E-state index contributed by atoms with van der Waals surface area (Å²) in [4.78, 5) is 4.23. The molecular weight excluding hydrogens is 512 g/mol. The summed E-state index contributed by atoms with van der Waals surface area (Å²) in [6.45, 7) is 7.40. The molecule has 6 nitrogen and oxygen atoms in total. The van der Waals surface area contributed by atoms with Crippen molar-refractivity contribution in [1.29, 1.82) is 0 Å². The number of hydrogen-bond acceptors (Lipinski definition) is 4. The van der Waals surface area contributed by atoms with Crippen LogP contribution in [-0.2, 0) is 22.6 Å². The maximum atomic E-state index is 13.7. The Labute approximate surface area is 201 Å². The van der Waals surface area contributed by atoms with Crippen molar-refractivity contribution >= 4 is 29.9 Å². The van der Waals surface area contributed by atoms with Crippen molar-refractivity contribution < 1.29 is 18.6 Å². The highest BCUT2D eigenvalue weighted by Crippen LogP contribution is 2.16. The number of para-hydroxylation sites is 1. The lowest BCUT2D eigenvalue weighted by Crippen LogP contribution is -2.41. The van der Waals surface area contributed by atoms with Gasteiger partial charge in [-0.1, -0.05) is 36.4 Å². The van der Waals surface area contributed by atoms with Crippen molar-refractivity contribution in [2.45, 2.75) is 33.1 Å². The Balaban J connectivity index is 0.00000480. The lowest BCUT2D eigenvalue weighted by atomic mass is 10.1. The Bertz CT molecular complexity index is 792. The third-order valence-corrected chi connectivity index (χ3v) is 4.24. The Morgan fingerprint density at radius 1 is 1.03 bits per heavy atom. The van der Waals surface area contributed by atoms with Crippen LogP contribution in [0.1, 0.15) is 25.0 Å². The molecule has 0 amide bonds. The predicted octanol–water partition coefficient (Wildman–Crippen LogP) is 4.13. The fraction of sp³-hybridized carbons (Fsp3) is 0.435. The van der Waals surface area contributed by atoms with Crippen LogP contribution < -0.4 is 15.4 Å². The van der Waals surface area contributed by atoms with Gasteiger partial charge in [0.05, 0.1) is 26.4 Å². The average molecular weight is 545 g/mol. The maximum Gasteiger partial charge on any atom is 0.191 e. The van der Waals surface area contributed by atoms with Crippen LogP contribution in [0.3, 0.4) is 0 Å². The second-order valence-corrected chi connectivity index (χ2v) is 6.74. The molecule has 0 aromatic heterocycles. The first-order valence-corrected chi connectivity index (χ1v) is 10.2. The monoisotopic (exact) mass is 545 g/mol. The summed E-state index contributed by atoms with van der Waals surface area (Å²) in [5, 5.41) is 6.48. The molecule has 0 radical (unpaired) electrons. The molecule has 0 aliphatic rings. The molecule has 0 saturated carbocycles. The van der Waals surface area contributed by atoms with Gasteiger partial charge in [-0.15, -0.1) is 24.0 Å². The Morgan fingerprint density at radius 3 is 2.52 bits per heavy atom. The number of halogens is 2. The second-order valence-electron chi connectivity index (χ2n) is 6.74. The number of nitrogens with one attached hydrogen (secondary N) is 2. The average Bonchev–Trinajstić information content (AvgIpc) is 2.75.